The molecule has 0 bridgehead atoms. The van der Waals surface area contributed by atoms with Gasteiger partial charge >= 0.3 is 0 Å². The van der Waals surface area contributed by atoms with Gasteiger partial charge in [-0.1, -0.05) is 6.07 Å². The lowest BCUT2D eigenvalue weighted by Crippen LogP contribution is -2.18. The maximum Gasteiger partial charge on any atom is 0.126 e. The van der Waals surface area contributed by atoms with Crippen molar-refractivity contribution in [3.8, 4) is 11.5 Å². The number of hydrogen-bond donors (Lipinski definition) is 1. The molecule has 1 unspecified atom stereocenters. The highest BCUT2D eigenvalue weighted by Crippen LogP contribution is 2.33. The standard InChI is InChI=1S/C10H12O2/c1-7-5-6-8-9(11)3-2-4-10(8)12-7/h2-4,7,11H,5-6H2,1H3. The molecule has 0 spiro atoms. The molecule has 0 saturated heterocycles. The van der Waals surface area contributed by atoms with Crippen LogP contribution < -0.4 is 4.74 Å². The van der Waals surface area contributed by atoms with E-state index in [9.17, 15) is 5.11 Å². The zero-order valence-electron chi connectivity index (χ0n) is 7.08. The number of fused-ring (bicyclic) bond motifs is 1. The van der Waals surface area contributed by atoms with E-state index < -0.39 is 0 Å². The van der Waals surface area contributed by atoms with Crippen LogP contribution in [-0.4, -0.2) is 11.2 Å². The quantitative estimate of drug-likeness (QED) is 0.636. The molecule has 2 nitrogen and oxygen atoms in total. The highest BCUT2D eigenvalue weighted by Gasteiger charge is 2.17. The first kappa shape index (κ1) is 7.47. The van der Waals surface area contributed by atoms with Crippen LogP contribution >= 0.6 is 0 Å². The number of rotatable bonds is 0. The average molecular weight is 164 g/mol. The van der Waals surface area contributed by atoms with E-state index in [1.54, 1.807) is 6.07 Å². The van der Waals surface area contributed by atoms with Crippen molar-refractivity contribution in [2.75, 3.05) is 0 Å². The van der Waals surface area contributed by atoms with Crippen molar-refractivity contribution in [2.45, 2.75) is 25.9 Å². The van der Waals surface area contributed by atoms with E-state index in [0.717, 1.165) is 24.2 Å². The lowest BCUT2D eigenvalue weighted by Gasteiger charge is -2.23. The van der Waals surface area contributed by atoms with Crippen LogP contribution in [0.2, 0.25) is 0 Å². The van der Waals surface area contributed by atoms with Crippen molar-refractivity contribution in [2.24, 2.45) is 0 Å². The lowest BCUT2D eigenvalue weighted by molar-refractivity contribution is 0.190. The topological polar surface area (TPSA) is 29.5 Å². The van der Waals surface area contributed by atoms with Crippen LogP contribution in [0.1, 0.15) is 18.9 Å². The molecule has 2 rings (SSSR count). The molecule has 1 aliphatic rings. The number of phenolic OH excluding ortho intramolecular Hbond substituents is 1. The summed E-state index contributed by atoms with van der Waals surface area (Å²) in [6.45, 7) is 2.05. The normalized spacial score (nSPS) is 21.2. The summed E-state index contributed by atoms with van der Waals surface area (Å²) in [6, 6.07) is 5.43. The Balaban J connectivity index is 2.42. The molecule has 1 atom stereocenters. The number of phenols is 1. The second kappa shape index (κ2) is 2.70. The van der Waals surface area contributed by atoms with Gasteiger partial charge in [-0.25, -0.2) is 0 Å². The van der Waals surface area contributed by atoms with Crippen LogP contribution in [0.25, 0.3) is 0 Å². The largest absolute Gasteiger partial charge is 0.508 e. The van der Waals surface area contributed by atoms with Crippen LogP contribution in [0.3, 0.4) is 0 Å². The summed E-state index contributed by atoms with van der Waals surface area (Å²) in [4.78, 5) is 0. The summed E-state index contributed by atoms with van der Waals surface area (Å²) >= 11 is 0. The van der Waals surface area contributed by atoms with Gasteiger partial charge in [0.1, 0.15) is 11.5 Å². The summed E-state index contributed by atoms with van der Waals surface area (Å²) in [5, 5.41) is 9.46. The first-order valence-corrected chi connectivity index (χ1v) is 4.25. The van der Waals surface area contributed by atoms with Crippen molar-refractivity contribution >= 4 is 0 Å². The zero-order chi connectivity index (χ0) is 8.55. The summed E-state index contributed by atoms with van der Waals surface area (Å²) in [6.07, 6.45) is 2.19. The van der Waals surface area contributed by atoms with Gasteiger partial charge in [0.25, 0.3) is 0 Å². The van der Waals surface area contributed by atoms with Gasteiger partial charge in [-0.15, -0.1) is 0 Å². The molecule has 1 heterocycles. The Kier molecular flexibility index (Phi) is 1.68. The summed E-state index contributed by atoms with van der Waals surface area (Å²) in [5.41, 5.74) is 0.954. The van der Waals surface area contributed by atoms with E-state index in [2.05, 4.69) is 0 Å². The maximum atomic E-state index is 9.46. The highest BCUT2D eigenvalue weighted by atomic mass is 16.5. The van der Waals surface area contributed by atoms with Gasteiger partial charge in [0.15, 0.2) is 0 Å². The van der Waals surface area contributed by atoms with Crippen molar-refractivity contribution in [3.05, 3.63) is 23.8 Å². The highest BCUT2D eigenvalue weighted by molar-refractivity contribution is 5.45. The minimum Gasteiger partial charge on any atom is -0.508 e. The van der Waals surface area contributed by atoms with E-state index in [0.29, 0.717) is 5.75 Å². The van der Waals surface area contributed by atoms with Gasteiger partial charge in [0.05, 0.1) is 6.10 Å². The second-order valence-electron chi connectivity index (χ2n) is 3.22. The molecule has 0 saturated carbocycles. The van der Waals surface area contributed by atoms with E-state index in [4.69, 9.17) is 4.74 Å². The van der Waals surface area contributed by atoms with E-state index in [1.165, 1.54) is 0 Å². The Bertz CT molecular complexity index is 294. The van der Waals surface area contributed by atoms with E-state index in [1.807, 2.05) is 19.1 Å². The fourth-order valence-electron chi connectivity index (χ4n) is 1.54. The third kappa shape index (κ3) is 1.13. The maximum absolute atomic E-state index is 9.46. The van der Waals surface area contributed by atoms with Crippen LogP contribution in [0.5, 0.6) is 11.5 Å². The van der Waals surface area contributed by atoms with Crippen LogP contribution in [0, 0.1) is 0 Å². The molecular weight excluding hydrogens is 152 g/mol. The number of benzene rings is 1. The predicted octanol–water partition coefficient (Wildman–Crippen LogP) is 2.11. The first-order valence-electron chi connectivity index (χ1n) is 4.25. The number of hydrogen-bond acceptors (Lipinski definition) is 2. The fourth-order valence-corrected chi connectivity index (χ4v) is 1.54. The molecule has 1 N–H and O–H groups in total. The summed E-state index contributed by atoms with van der Waals surface area (Å²) in [7, 11) is 0. The van der Waals surface area contributed by atoms with Crippen LogP contribution in [0.15, 0.2) is 18.2 Å². The molecular formula is C10H12O2. The lowest BCUT2D eigenvalue weighted by atomic mass is 10.0. The molecule has 0 radical (unpaired) electrons. The molecule has 2 heteroatoms. The molecule has 0 amide bonds. The number of ether oxygens (including phenoxy) is 1. The van der Waals surface area contributed by atoms with Gasteiger partial charge in [-0.2, -0.15) is 0 Å². The average Bonchev–Trinajstić information content (AvgIpc) is 2.04. The smallest absolute Gasteiger partial charge is 0.126 e. The SMILES string of the molecule is CC1CCc2c(O)cccc2O1. The Labute approximate surface area is 71.8 Å². The molecule has 0 aromatic heterocycles. The molecule has 0 aliphatic carbocycles. The Hall–Kier alpha value is -1.18. The van der Waals surface area contributed by atoms with Crippen molar-refractivity contribution in [1.82, 2.24) is 0 Å². The Morgan fingerprint density at radius 2 is 2.33 bits per heavy atom. The van der Waals surface area contributed by atoms with Crippen LogP contribution in [-0.2, 0) is 6.42 Å². The van der Waals surface area contributed by atoms with Gasteiger partial charge in [0.2, 0.25) is 0 Å². The molecule has 1 aromatic rings. The third-order valence-corrected chi connectivity index (χ3v) is 2.24. The van der Waals surface area contributed by atoms with E-state index >= 15 is 0 Å². The predicted molar refractivity (Wildman–Crippen MR) is 46.5 cm³/mol. The fraction of sp³-hybridized carbons (Fsp3) is 0.400. The molecule has 0 fully saturated rings. The van der Waals surface area contributed by atoms with Crippen molar-refractivity contribution in [1.29, 1.82) is 0 Å². The van der Waals surface area contributed by atoms with Crippen molar-refractivity contribution in [3.63, 3.8) is 0 Å². The first-order chi connectivity index (χ1) is 5.77. The number of aromatic hydroxyl groups is 1. The minimum atomic E-state index is 0.277. The van der Waals surface area contributed by atoms with Gasteiger partial charge in [-0.05, 0) is 31.9 Å². The molecule has 1 aromatic carbocycles. The van der Waals surface area contributed by atoms with E-state index in [-0.39, 0.29) is 6.10 Å². The van der Waals surface area contributed by atoms with Gasteiger partial charge < -0.3 is 9.84 Å². The molecule has 1 aliphatic heterocycles. The summed E-state index contributed by atoms with van der Waals surface area (Å²) in [5.74, 6) is 1.20. The minimum absolute atomic E-state index is 0.277. The Morgan fingerprint density at radius 3 is 3.17 bits per heavy atom. The van der Waals surface area contributed by atoms with Gasteiger partial charge in [-0.3, -0.25) is 0 Å². The second-order valence-corrected chi connectivity index (χ2v) is 3.22. The summed E-state index contributed by atoms with van der Waals surface area (Å²) < 4.78 is 5.55. The molecule has 12 heavy (non-hydrogen) atoms. The third-order valence-electron chi connectivity index (χ3n) is 2.24. The monoisotopic (exact) mass is 164 g/mol. The van der Waals surface area contributed by atoms with Gasteiger partial charge in [0, 0.05) is 5.56 Å². The zero-order valence-corrected chi connectivity index (χ0v) is 7.08. The Morgan fingerprint density at radius 1 is 1.50 bits per heavy atom. The van der Waals surface area contributed by atoms with Crippen LogP contribution in [0.4, 0.5) is 0 Å². The van der Waals surface area contributed by atoms with Crippen molar-refractivity contribution < 1.29 is 9.84 Å². The molecule has 64 valence electrons.